The van der Waals surface area contributed by atoms with Crippen LogP contribution < -0.4 is 15.3 Å². The van der Waals surface area contributed by atoms with Gasteiger partial charge in [0.25, 0.3) is 0 Å². The standard InChI is InChI=1S/C28H30N5O5P/c1-20(28(34)36-17-21-8-4-2-5-9-21)32-39(35,38-24-10-6-3-7-11-24)37-18-22-12-13-23(16-22)33-15-14-25-26(29)30-19-31-27(25)33/h2-15,19-20,22-23H,16-18H2,1H3,(H,32,35)(H2,29,30,31)/t20?,22-,23+,39?/m1/s1. The maximum atomic E-state index is 13.8. The number of fused-ring (bicyclic) bond motifs is 1. The van der Waals surface area contributed by atoms with E-state index in [1.165, 1.54) is 6.33 Å². The highest BCUT2D eigenvalue weighted by molar-refractivity contribution is 7.52. The first kappa shape index (κ1) is 26.6. The zero-order valence-electron chi connectivity index (χ0n) is 21.4. The van der Waals surface area contributed by atoms with Crippen molar-refractivity contribution in [1.29, 1.82) is 0 Å². The fourth-order valence-corrected chi connectivity index (χ4v) is 5.93. The van der Waals surface area contributed by atoms with E-state index in [0.717, 1.165) is 16.6 Å². The average Bonchev–Trinajstić information content (AvgIpc) is 3.59. The van der Waals surface area contributed by atoms with Crippen molar-refractivity contribution in [3.63, 3.8) is 0 Å². The lowest BCUT2D eigenvalue weighted by molar-refractivity contribution is -0.146. The Kier molecular flexibility index (Phi) is 8.07. The molecule has 0 saturated carbocycles. The SMILES string of the molecule is CC(NP(=O)(OC[C@@H]1C=C[C@H](n2ccc3c(N)ncnc32)C1)Oc1ccccc1)C(=O)OCc1ccccc1. The molecule has 4 atom stereocenters. The predicted octanol–water partition coefficient (Wildman–Crippen LogP) is 5.06. The molecule has 0 saturated heterocycles. The van der Waals surface area contributed by atoms with Crippen molar-refractivity contribution in [2.24, 2.45) is 5.92 Å². The van der Waals surface area contributed by atoms with Crippen molar-refractivity contribution >= 4 is 30.6 Å². The molecule has 4 aromatic rings. The van der Waals surface area contributed by atoms with E-state index in [-0.39, 0.29) is 25.2 Å². The number of nitrogens with two attached hydrogens (primary N) is 1. The van der Waals surface area contributed by atoms with Gasteiger partial charge in [-0.3, -0.25) is 9.32 Å². The molecule has 39 heavy (non-hydrogen) atoms. The Morgan fingerprint density at radius 3 is 2.62 bits per heavy atom. The number of benzene rings is 2. The summed E-state index contributed by atoms with van der Waals surface area (Å²) in [5.41, 5.74) is 7.58. The van der Waals surface area contributed by atoms with Gasteiger partial charge in [0.1, 0.15) is 36.2 Å². The van der Waals surface area contributed by atoms with Crippen LogP contribution in [0.2, 0.25) is 0 Å². The molecule has 2 aromatic heterocycles. The van der Waals surface area contributed by atoms with Gasteiger partial charge in [0.2, 0.25) is 0 Å². The number of esters is 1. The Morgan fingerprint density at radius 1 is 1.10 bits per heavy atom. The number of ether oxygens (including phenoxy) is 1. The zero-order chi connectivity index (χ0) is 27.2. The van der Waals surface area contributed by atoms with Gasteiger partial charge in [-0.25, -0.2) is 14.5 Å². The number of para-hydroxylation sites is 1. The van der Waals surface area contributed by atoms with Crippen molar-refractivity contribution in [2.45, 2.75) is 32.0 Å². The molecule has 0 fully saturated rings. The minimum absolute atomic E-state index is 0.0275. The van der Waals surface area contributed by atoms with Crippen LogP contribution in [0.3, 0.4) is 0 Å². The molecule has 5 rings (SSSR count). The van der Waals surface area contributed by atoms with Crippen molar-refractivity contribution in [1.82, 2.24) is 19.6 Å². The number of carbonyl (C=O) groups excluding carboxylic acids is 1. The van der Waals surface area contributed by atoms with Crippen LogP contribution in [0.4, 0.5) is 5.82 Å². The van der Waals surface area contributed by atoms with E-state index in [2.05, 4.69) is 21.1 Å². The quantitative estimate of drug-likeness (QED) is 0.150. The van der Waals surface area contributed by atoms with Crippen LogP contribution in [0.5, 0.6) is 5.75 Å². The zero-order valence-corrected chi connectivity index (χ0v) is 22.3. The summed E-state index contributed by atoms with van der Waals surface area (Å²) in [6.07, 6.45) is 8.16. The van der Waals surface area contributed by atoms with Crippen LogP contribution in [-0.4, -0.2) is 33.2 Å². The Labute approximate surface area is 226 Å². The van der Waals surface area contributed by atoms with Gasteiger partial charge >= 0.3 is 13.7 Å². The van der Waals surface area contributed by atoms with E-state index < -0.39 is 19.8 Å². The first-order valence-corrected chi connectivity index (χ1v) is 14.2. The van der Waals surface area contributed by atoms with Gasteiger partial charge in [0.15, 0.2) is 0 Å². The molecule has 2 aromatic carbocycles. The topological polar surface area (TPSA) is 131 Å². The normalized spacial score (nSPS) is 19.0. The highest BCUT2D eigenvalue weighted by Gasteiger charge is 2.34. The van der Waals surface area contributed by atoms with Crippen molar-refractivity contribution in [3.8, 4) is 5.75 Å². The summed E-state index contributed by atoms with van der Waals surface area (Å²) in [5.74, 6) is 0.179. The number of nitrogen functional groups attached to an aromatic ring is 1. The van der Waals surface area contributed by atoms with E-state index in [0.29, 0.717) is 18.0 Å². The Bertz CT molecular complexity index is 1490. The number of nitrogens with zero attached hydrogens (tertiary/aromatic N) is 3. The van der Waals surface area contributed by atoms with Crippen molar-refractivity contribution in [3.05, 3.63) is 97.0 Å². The third-order valence-electron chi connectivity index (χ3n) is 6.40. The first-order chi connectivity index (χ1) is 18.9. The largest absolute Gasteiger partial charge is 0.460 e. The Balaban J connectivity index is 1.23. The molecule has 2 unspecified atom stereocenters. The first-order valence-electron chi connectivity index (χ1n) is 12.6. The molecule has 11 heteroatoms. The van der Waals surface area contributed by atoms with Crippen LogP contribution in [0.15, 0.2) is 91.4 Å². The fraction of sp³-hybridized carbons (Fsp3) is 0.250. The molecule has 1 aliphatic rings. The molecular formula is C28H30N5O5P. The maximum Gasteiger partial charge on any atom is 0.459 e. The lowest BCUT2D eigenvalue weighted by Gasteiger charge is -2.24. The highest BCUT2D eigenvalue weighted by atomic mass is 31.2. The number of hydrogen-bond acceptors (Lipinski definition) is 8. The Hall–Kier alpha value is -3.98. The van der Waals surface area contributed by atoms with E-state index >= 15 is 0 Å². The number of hydrogen-bond donors (Lipinski definition) is 2. The smallest absolute Gasteiger partial charge is 0.459 e. The lowest BCUT2D eigenvalue weighted by Crippen LogP contribution is -2.35. The minimum Gasteiger partial charge on any atom is -0.460 e. The van der Waals surface area contributed by atoms with E-state index in [1.54, 1.807) is 31.2 Å². The molecule has 2 heterocycles. The van der Waals surface area contributed by atoms with Crippen LogP contribution >= 0.6 is 7.75 Å². The summed E-state index contributed by atoms with van der Waals surface area (Å²) in [4.78, 5) is 21.1. The van der Waals surface area contributed by atoms with Gasteiger partial charge in [-0.05, 0) is 37.1 Å². The van der Waals surface area contributed by atoms with Gasteiger partial charge in [0, 0.05) is 12.1 Å². The second-order valence-electron chi connectivity index (χ2n) is 9.31. The summed E-state index contributed by atoms with van der Waals surface area (Å²) in [6, 6.07) is 19.0. The number of rotatable bonds is 11. The molecule has 0 aliphatic heterocycles. The van der Waals surface area contributed by atoms with Gasteiger partial charge in [-0.1, -0.05) is 60.7 Å². The molecule has 202 valence electrons. The van der Waals surface area contributed by atoms with E-state index in [1.807, 2.05) is 59.3 Å². The van der Waals surface area contributed by atoms with Crippen LogP contribution in [0.25, 0.3) is 11.0 Å². The van der Waals surface area contributed by atoms with E-state index in [9.17, 15) is 9.36 Å². The second-order valence-corrected chi connectivity index (χ2v) is 11.0. The number of nitrogens with one attached hydrogen (secondary N) is 1. The molecule has 1 aliphatic carbocycles. The summed E-state index contributed by atoms with van der Waals surface area (Å²) in [5, 5.41) is 3.54. The highest BCUT2D eigenvalue weighted by Crippen LogP contribution is 2.46. The molecule has 3 N–H and O–H groups in total. The maximum absolute atomic E-state index is 13.8. The lowest BCUT2D eigenvalue weighted by atomic mass is 10.1. The van der Waals surface area contributed by atoms with Gasteiger partial charge in [-0.15, -0.1) is 0 Å². The summed E-state index contributed by atoms with van der Waals surface area (Å²) in [7, 11) is -3.95. The summed E-state index contributed by atoms with van der Waals surface area (Å²) < 4.78 is 32.9. The Morgan fingerprint density at radius 2 is 1.85 bits per heavy atom. The third-order valence-corrected chi connectivity index (χ3v) is 8.05. The molecular weight excluding hydrogens is 517 g/mol. The number of carbonyl (C=O) groups is 1. The number of anilines is 1. The van der Waals surface area contributed by atoms with Crippen LogP contribution in [0, 0.1) is 5.92 Å². The molecule has 10 nitrogen and oxygen atoms in total. The third kappa shape index (κ3) is 6.54. The second kappa shape index (κ2) is 11.8. The molecule has 0 spiro atoms. The van der Waals surface area contributed by atoms with Crippen LogP contribution in [-0.2, 0) is 25.2 Å². The predicted molar refractivity (Wildman–Crippen MR) is 148 cm³/mol. The molecule has 0 radical (unpaired) electrons. The van der Waals surface area contributed by atoms with Gasteiger partial charge < -0.3 is 19.6 Å². The van der Waals surface area contributed by atoms with Crippen molar-refractivity contribution < 1.29 is 23.1 Å². The van der Waals surface area contributed by atoms with E-state index in [4.69, 9.17) is 19.5 Å². The van der Waals surface area contributed by atoms with Crippen LogP contribution in [0.1, 0.15) is 24.9 Å². The van der Waals surface area contributed by atoms with Crippen molar-refractivity contribution in [2.75, 3.05) is 12.3 Å². The summed E-state index contributed by atoms with van der Waals surface area (Å²) >= 11 is 0. The average molecular weight is 548 g/mol. The number of aromatic nitrogens is 3. The molecule has 0 amide bonds. The van der Waals surface area contributed by atoms with Gasteiger partial charge in [0.05, 0.1) is 18.0 Å². The fourth-order valence-electron chi connectivity index (χ4n) is 4.39. The molecule has 0 bridgehead atoms. The monoisotopic (exact) mass is 547 g/mol. The minimum atomic E-state index is -3.95. The summed E-state index contributed by atoms with van der Waals surface area (Å²) in [6.45, 7) is 1.79. The van der Waals surface area contributed by atoms with Gasteiger partial charge in [-0.2, -0.15) is 5.09 Å². The number of allylic oxidation sites excluding steroid dienone is 1.